The Labute approximate surface area is 162 Å². The van der Waals surface area contributed by atoms with E-state index in [1.165, 1.54) is 5.69 Å². The minimum absolute atomic E-state index is 0. The van der Waals surface area contributed by atoms with E-state index in [0.29, 0.717) is 6.54 Å². The highest BCUT2D eigenvalue weighted by molar-refractivity contribution is 14.0. The van der Waals surface area contributed by atoms with Crippen LogP contribution in [0.2, 0.25) is 0 Å². The molecule has 0 spiro atoms. The maximum absolute atomic E-state index is 5.79. The Morgan fingerprint density at radius 3 is 2.79 bits per heavy atom. The van der Waals surface area contributed by atoms with Gasteiger partial charge in [0.25, 0.3) is 0 Å². The molecule has 0 saturated carbocycles. The summed E-state index contributed by atoms with van der Waals surface area (Å²) in [5.74, 6) is 0.873. The molecule has 2 heterocycles. The second-order valence-corrected chi connectivity index (χ2v) is 6.53. The van der Waals surface area contributed by atoms with Crippen LogP contribution in [-0.4, -0.2) is 47.6 Å². The molecule has 1 aromatic rings. The Hall–Kier alpha value is -0.830. The normalized spacial score (nSPS) is 20.8. The SMILES string of the molecule is CCNC(=NCC1(C)CCCO1)NCCCn1nc(C)cc1C.I. The van der Waals surface area contributed by atoms with Crippen molar-refractivity contribution in [2.45, 2.75) is 59.1 Å². The first-order chi connectivity index (χ1) is 11.0. The van der Waals surface area contributed by atoms with E-state index in [4.69, 9.17) is 4.74 Å². The molecule has 2 N–H and O–H groups in total. The fraction of sp³-hybridized carbons (Fsp3) is 0.765. The van der Waals surface area contributed by atoms with Gasteiger partial charge < -0.3 is 15.4 Å². The first-order valence-electron chi connectivity index (χ1n) is 8.69. The van der Waals surface area contributed by atoms with E-state index in [9.17, 15) is 0 Å². The number of aryl methyl sites for hydroxylation is 3. The van der Waals surface area contributed by atoms with E-state index in [2.05, 4.69) is 52.2 Å². The summed E-state index contributed by atoms with van der Waals surface area (Å²) in [6, 6.07) is 2.11. The van der Waals surface area contributed by atoms with Gasteiger partial charge in [-0.3, -0.25) is 9.67 Å². The van der Waals surface area contributed by atoms with E-state index in [-0.39, 0.29) is 29.6 Å². The first-order valence-corrected chi connectivity index (χ1v) is 8.69. The topological polar surface area (TPSA) is 63.5 Å². The number of aromatic nitrogens is 2. The number of nitrogens with one attached hydrogen (secondary N) is 2. The average Bonchev–Trinajstić information content (AvgIpc) is 3.07. The highest BCUT2D eigenvalue weighted by Crippen LogP contribution is 2.24. The number of rotatable bonds is 7. The van der Waals surface area contributed by atoms with Gasteiger partial charge in [-0.2, -0.15) is 5.10 Å². The third-order valence-corrected chi connectivity index (χ3v) is 4.16. The molecule has 1 aliphatic heterocycles. The van der Waals surface area contributed by atoms with Gasteiger partial charge in [0.15, 0.2) is 5.96 Å². The van der Waals surface area contributed by atoms with E-state index < -0.39 is 0 Å². The lowest BCUT2D eigenvalue weighted by atomic mass is 10.0. The minimum atomic E-state index is -0.0912. The lowest BCUT2D eigenvalue weighted by molar-refractivity contribution is 0.0283. The third kappa shape index (κ3) is 6.58. The van der Waals surface area contributed by atoms with Gasteiger partial charge in [-0.05, 0) is 53.0 Å². The average molecular weight is 449 g/mol. The molecule has 0 amide bonds. The van der Waals surface area contributed by atoms with Gasteiger partial charge >= 0.3 is 0 Å². The van der Waals surface area contributed by atoms with E-state index in [1.54, 1.807) is 0 Å². The van der Waals surface area contributed by atoms with Crippen molar-refractivity contribution in [3.8, 4) is 0 Å². The standard InChI is InChI=1S/C17H31N5O.HI/c1-5-18-16(20-13-17(4)8-6-11-23-17)19-9-7-10-22-15(3)12-14(2)21-22;/h12H,5-11,13H2,1-4H3,(H2,18,19,20);1H. The van der Waals surface area contributed by atoms with Gasteiger partial charge in [0, 0.05) is 31.9 Å². The predicted molar refractivity (Wildman–Crippen MR) is 109 cm³/mol. The maximum Gasteiger partial charge on any atom is 0.191 e. The maximum atomic E-state index is 5.79. The molecule has 1 aromatic heterocycles. The molecule has 24 heavy (non-hydrogen) atoms. The number of guanidine groups is 1. The zero-order valence-corrected chi connectivity index (χ0v) is 17.7. The van der Waals surface area contributed by atoms with Crippen molar-refractivity contribution < 1.29 is 4.74 Å². The lowest BCUT2D eigenvalue weighted by Crippen LogP contribution is -2.39. The molecule has 6 nitrogen and oxygen atoms in total. The van der Waals surface area contributed by atoms with Crippen molar-refractivity contribution in [3.63, 3.8) is 0 Å². The molecule has 0 bridgehead atoms. The van der Waals surface area contributed by atoms with Crippen LogP contribution in [0.3, 0.4) is 0 Å². The van der Waals surface area contributed by atoms with Crippen molar-refractivity contribution >= 4 is 29.9 Å². The van der Waals surface area contributed by atoms with Crippen LogP contribution < -0.4 is 10.6 Å². The van der Waals surface area contributed by atoms with Crippen LogP contribution in [0.25, 0.3) is 0 Å². The molecular formula is C17H32IN5O. The van der Waals surface area contributed by atoms with Gasteiger partial charge in [-0.1, -0.05) is 0 Å². The van der Waals surface area contributed by atoms with E-state index >= 15 is 0 Å². The second-order valence-electron chi connectivity index (χ2n) is 6.53. The molecule has 0 radical (unpaired) electrons. The molecule has 1 saturated heterocycles. The molecule has 138 valence electrons. The largest absolute Gasteiger partial charge is 0.373 e. The smallest absolute Gasteiger partial charge is 0.191 e. The Kier molecular flexibility index (Phi) is 9.04. The van der Waals surface area contributed by atoms with Crippen LogP contribution in [0, 0.1) is 13.8 Å². The highest BCUT2D eigenvalue weighted by Gasteiger charge is 2.29. The van der Waals surface area contributed by atoms with Crippen molar-refractivity contribution in [3.05, 3.63) is 17.5 Å². The fourth-order valence-electron chi connectivity index (χ4n) is 2.89. The number of halogens is 1. The minimum Gasteiger partial charge on any atom is -0.373 e. The lowest BCUT2D eigenvalue weighted by Gasteiger charge is -2.21. The fourth-order valence-corrected chi connectivity index (χ4v) is 2.89. The van der Waals surface area contributed by atoms with Crippen molar-refractivity contribution in [2.24, 2.45) is 4.99 Å². The van der Waals surface area contributed by atoms with Crippen molar-refractivity contribution in [1.29, 1.82) is 0 Å². The number of aliphatic imine (C=N–C) groups is 1. The van der Waals surface area contributed by atoms with E-state index in [1.807, 2.05) is 6.92 Å². The molecule has 1 unspecified atom stereocenters. The van der Waals surface area contributed by atoms with Crippen LogP contribution in [0.15, 0.2) is 11.1 Å². The molecule has 1 atom stereocenters. The second kappa shape index (κ2) is 10.2. The van der Waals surface area contributed by atoms with Crippen molar-refractivity contribution in [1.82, 2.24) is 20.4 Å². The molecule has 7 heteroatoms. The summed E-state index contributed by atoms with van der Waals surface area (Å²) >= 11 is 0. The van der Waals surface area contributed by atoms with Crippen LogP contribution in [-0.2, 0) is 11.3 Å². The summed E-state index contributed by atoms with van der Waals surface area (Å²) in [5.41, 5.74) is 2.20. The van der Waals surface area contributed by atoms with Crippen molar-refractivity contribution in [2.75, 3.05) is 26.2 Å². The molecule has 1 fully saturated rings. The Morgan fingerprint density at radius 1 is 1.42 bits per heavy atom. The number of nitrogens with zero attached hydrogens (tertiary/aromatic N) is 3. The summed E-state index contributed by atoms with van der Waals surface area (Å²) < 4.78 is 7.86. The summed E-state index contributed by atoms with van der Waals surface area (Å²) in [6.45, 7) is 12.6. The summed E-state index contributed by atoms with van der Waals surface area (Å²) in [4.78, 5) is 4.68. The zero-order valence-electron chi connectivity index (χ0n) is 15.4. The molecule has 1 aliphatic rings. The third-order valence-electron chi connectivity index (χ3n) is 4.16. The number of ether oxygens (including phenoxy) is 1. The first kappa shape index (κ1) is 21.2. The predicted octanol–water partition coefficient (Wildman–Crippen LogP) is 2.63. The summed E-state index contributed by atoms with van der Waals surface area (Å²) in [6.07, 6.45) is 3.24. The molecule has 0 aliphatic carbocycles. The molecular weight excluding hydrogens is 417 g/mol. The number of hydrogen-bond donors (Lipinski definition) is 2. The molecule has 2 rings (SSSR count). The summed E-state index contributed by atoms with van der Waals surface area (Å²) in [7, 11) is 0. The Balaban J connectivity index is 0.00000288. The van der Waals surface area contributed by atoms with Crippen LogP contribution in [0.5, 0.6) is 0 Å². The van der Waals surface area contributed by atoms with Gasteiger partial charge in [-0.15, -0.1) is 24.0 Å². The van der Waals surface area contributed by atoms with Gasteiger partial charge in [-0.25, -0.2) is 0 Å². The van der Waals surface area contributed by atoms with Crippen LogP contribution >= 0.6 is 24.0 Å². The zero-order chi connectivity index (χ0) is 16.7. The van der Waals surface area contributed by atoms with Gasteiger partial charge in [0.1, 0.15) is 0 Å². The van der Waals surface area contributed by atoms with Gasteiger partial charge in [0.05, 0.1) is 17.8 Å². The molecule has 0 aromatic carbocycles. The highest BCUT2D eigenvalue weighted by atomic mass is 127. The Bertz CT molecular complexity index is 523. The quantitative estimate of drug-likeness (QED) is 0.291. The Morgan fingerprint density at radius 2 is 2.21 bits per heavy atom. The van der Waals surface area contributed by atoms with Gasteiger partial charge in [0.2, 0.25) is 0 Å². The summed E-state index contributed by atoms with van der Waals surface area (Å²) in [5, 5.41) is 11.2. The monoisotopic (exact) mass is 449 g/mol. The van der Waals surface area contributed by atoms with Crippen LogP contribution in [0.1, 0.15) is 44.5 Å². The van der Waals surface area contributed by atoms with Crippen LogP contribution in [0.4, 0.5) is 0 Å². The number of hydrogen-bond acceptors (Lipinski definition) is 3. The van der Waals surface area contributed by atoms with E-state index in [0.717, 1.165) is 57.2 Å².